The summed E-state index contributed by atoms with van der Waals surface area (Å²) in [6.45, 7) is 2.48. The molecule has 0 aliphatic carbocycles. The van der Waals surface area contributed by atoms with Crippen LogP contribution in [0.2, 0.25) is 0 Å². The smallest absolute Gasteiger partial charge is 0.0441 e. The highest BCUT2D eigenvalue weighted by molar-refractivity contribution is 9.09. The first-order valence-corrected chi connectivity index (χ1v) is 4.47. The minimum atomic E-state index is 0.305. The number of aliphatic hydroxyl groups is 1. The Morgan fingerprint density at radius 2 is 2.11 bits per heavy atom. The predicted octanol–water partition coefficient (Wildman–Crippen LogP) is 2.32. The minimum absolute atomic E-state index is 0.305. The molecule has 0 aromatic rings. The van der Waals surface area contributed by atoms with Crippen LogP contribution in [-0.2, 0) is 0 Å². The molecule has 1 atom stereocenters. The van der Waals surface area contributed by atoms with Crippen LogP contribution < -0.4 is 0 Å². The molecule has 0 fully saturated rings. The lowest BCUT2D eigenvalue weighted by molar-refractivity contribution is 0.285. The van der Waals surface area contributed by atoms with Crippen LogP contribution in [0, 0.1) is 0 Å². The number of rotatable bonds is 5. The Bertz CT molecular complexity index is 56.9. The Morgan fingerprint density at radius 3 is 2.56 bits per heavy atom. The van der Waals surface area contributed by atoms with Gasteiger partial charge in [0.05, 0.1) is 0 Å². The van der Waals surface area contributed by atoms with Crippen molar-refractivity contribution in [1.82, 2.24) is 0 Å². The van der Waals surface area contributed by atoms with E-state index >= 15 is 0 Å². The molecule has 0 amide bonds. The zero-order chi connectivity index (χ0) is 7.11. The van der Waals surface area contributed by atoms with Crippen molar-refractivity contribution in [3.8, 4) is 0 Å². The summed E-state index contributed by atoms with van der Waals surface area (Å²) in [5.41, 5.74) is 0. The van der Waals surface area contributed by atoms with Crippen LogP contribution in [0.1, 0.15) is 32.6 Å². The van der Waals surface area contributed by atoms with Gasteiger partial charge in [-0.05, 0) is 12.8 Å². The number of hydrogen-bond acceptors (Lipinski definition) is 1. The molecule has 1 nitrogen and oxygen atoms in total. The fourth-order valence-electron chi connectivity index (χ4n) is 0.710. The summed E-state index contributed by atoms with van der Waals surface area (Å²) < 4.78 is 0. The molecule has 9 heavy (non-hydrogen) atoms. The van der Waals surface area contributed by atoms with E-state index in [4.69, 9.17) is 5.11 Å². The van der Waals surface area contributed by atoms with Gasteiger partial charge in [-0.2, -0.15) is 0 Å². The van der Waals surface area contributed by atoms with Gasteiger partial charge < -0.3 is 5.11 Å². The van der Waals surface area contributed by atoms with Gasteiger partial charge in [-0.15, -0.1) is 0 Å². The lowest BCUT2D eigenvalue weighted by atomic mass is 10.2. The number of halogens is 1. The van der Waals surface area contributed by atoms with Crippen LogP contribution in [0.3, 0.4) is 0 Å². The van der Waals surface area contributed by atoms with Gasteiger partial charge in [-0.25, -0.2) is 0 Å². The quantitative estimate of drug-likeness (QED) is 0.667. The van der Waals surface area contributed by atoms with E-state index in [2.05, 4.69) is 22.9 Å². The first-order chi connectivity index (χ1) is 4.31. The Hall–Kier alpha value is 0.440. The summed E-state index contributed by atoms with van der Waals surface area (Å²) >= 11 is 3.48. The average Bonchev–Trinajstić information content (AvgIpc) is 1.85. The topological polar surface area (TPSA) is 20.2 Å². The van der Waals surface area contributed by atoms with Crippen LogP contribution in [0.4, 0.5) is 0 Å². The summed E-state index contributed by atoms with van der Waals surface area (Å²) in [6.07, 6.45) is 4.58. The van der Waals surface area contributed by atoms with Crippen molar-refractivity contribution in [2.75, 3.05) is 6.61 Å². The molecule has 1 unspecified atom stereocenters. The van der Waals surface area contributed by atoms with Gasteiger partial charge in [-0.1, -0.05) is 35.7 Å². The number of hydrogen-bond donors (Lipinski definition) is 1. The van der Waals surface area contributed by atoms with Crippen LogP contribution in [0.15, 0.2) is 0 Å². The molecule has 0 rings (SSSR count). The molecule has 0 aromatic heterocycles. The molecule has 0 aromatic carbocycles. The van der Waals surface area contributed by atoms with Gasteiger partial charge in [0.25, 0.3) is 0 Å². The van der Waals surface area contributed by atoms with E-state index in [1.165, 1.54) is 19.3 Å². The van der Waals surface area contributed by atoms with E-state index in [-0.39, 0.29) is 0 Å². The van der Waals surface area contributed by atoms with Crippen molar-refractivity contribution in [3.05, 3.63) is 0 Å². The van der Waals surface area contributed by atoms with E-state index in [1.807, 2.05) is 0 Å². The van der Waals surface area contributed by atoms with E-state index in [0.29, 0.717) is 11.4 Å². The summed E-state index contributed by atoms with van der Waals surface area (Å²) in [4.78, 5) is 0.530. The molecule has 0 spiro atoms. The summed E-state index contributed by atoms with van der Waals surface area (Å²) in [7, 11) is 0. The van der Waals surface area contributed by atoms with Crippen molar-refractivity contribution >= 4 is 15.9 Å². The van der Waals surface area contributed by atoms with Gasteiger partial charge in [0.15, 0.2) is 0 Å². The Morgan fingerprint density at radius 1 is 1.44 bits per heavy atom. The summed E-state index contributed by atoms with van der Waals surface area (Å²) in [5, 5.41) is 8.51. The molecule has 1 N–H and O–H groups in total. The third-order valence-corrected chi connectivity index (χ3v) is 2.23. The molecule has 2 heteroatoms. The second-order valence-corrected chi connectivity index (χ2v) is 3.55. The van der Waals surface area contributed by atoms with Gasteiger partial charge in [0.2, 0.25) is 0 Å². The zero-order valence-electron chi connectivity index (χ0n) is 5.94. The molecule has 56 valence electrons. The van der Waals surface area contributed by atoms with Crippen molar-refractivity contribution in [1.29, 1.82) is 0 Å². The van der Waals surface area contributed by atoms with E-state index < -0.39 is 0 Å². The standard InChI is InChI=1S/C7H15BrO/c1-2-3-4-7(8)5-6-9/h7,9H,2-6H2,1H3. The number of aliphatic hydroxyl groups excluding tert-OH is 1. The SMILES string of the molecule is CCCCC(Br)CCO. The maximum atomic E-state index is 8.51. The normalized spacial score (nSPS) is 13.7. The fourth-order valence-corrected chi connectivity index (χ4v) is 1.24. The van der Waals surface area contributed by atoms with E-state index in [1.54, 1.807) is 0 Å². The second kappa shape index (κ2) is 6.56. The Labute approximate surface area is 65.6 Å². The molecule has 0 saturated heterocycles. The zero-order valence-corrected chi connectivity index (χ0v) is 7.52. The monoisotopic (exact) mass is 194 g/mol. The third-order valence-electron chi connectivity index (χ3n) is 1.31. The minimum Gasteiger partial charge on any atom is -0.396 e. The van der Waals surface area contributed by atoms with Crippen LogP contribution in [0.25, 0.3) is 0 Å². The molecule has 0 saturated carbocycles. The first kappa shape index (κ1) is 9.44. The predicted molar refractivity (Wildman–Crippen MR) is 43.9 cm³/mol. The lowest BCUT2D eigenvalue weighted by Gasteiger charge is -2.04. The maximum absolute atomic E-state index is 8.51. The summed E-state index contributed by atoms with van der Waals surface area (Å²) in [5.74, 6) is 0. The first-order valence-electron chi connectivity index (χ1n) is 3.56. The van der Waals surface area contributed by atoms with Gasteiger partial charge in [-0.3, -0.25) is 0 Å². The number of alkyl halides is 1. The number of unbranched alkanes of at least 4 members (excludes halogenated alkanes) is 1. The largest absolute Gasteiger partial charge is 0.396 e. The van der Waals surface area contributed by atoms with Gasteiger partial charge >= 0.3 is 0 Å². The van der Waals surface area contributed by atoms with Crippen LogP contribution >= 0.6 is 15.9 Å². The highest BCUT2D eigenvalue weighted by Crippen LogP contribution is 2.12. The van der Waals surface area contributed by atoms with Crippen molar-refractivity contribution in [2.24, 2.45) is 0 Å². The third kappa shape index (κ3) is 6.32. The van der Waals surface area contributed by atoms with E-state index in [0.717, 1.165) is 6.42 Å². The second-order valence-electron chi connectivity index (χ2n) is 2.25. The highest BCUT2D eigenvalue weighted by Gasteiger charge is 2.00. The van der Waals surface area contributed by atoms with Gasteiger partial charge in [0.1, 0.15) is 0 Å². The highest BCUT2D eigenvalue weighted by atomic mass is 79.9. The van der Waals surface area contributed by atoms with Gasteiger partial charge in [0, 0.05) is 11.4 Å². The van der Waals surface area contributed by atoms with Crippen molar-refractivity contribution in [3.63, 3.8) is 0 Å². The molecule has 0 bridgehead atoms. The Balaban J connectivity index is 2.95. The molecular weight excluding hydrogens is 180 g/mol. The molecule has 0 aliphatic heterocycles. The molecule has 0 radical (unpaired) electrons. The van der Waals surface area contributed by atoms with Crippen molar-refractivity contribution < 1.29 is 5.11 Å². The molecular formula is C7H15BrO. The molecule has 0 aliphatic rings. The van der Waals surface area contributed by atoms with Crippen molar-refractivity contribution in [2.45, 2.75) is 37.4 Å². The lowest BCUT2D eigenvalue weighted by Crippen LogP contribution is -1.99. The van der Waals surface area contributed by atoms with E-state index in [9.17, 15) is 0 Å². The molecule has 0 heterocycles. The Kier molecular flexibility index (Phi) is 6.88. The fraction of sp³-hybridized carbons (Fsp3) is 1.00. The van der Waals surface area contributed by atoms with Crippen LogP contribution in [-0.4, -0.2) is 16.5 Å². The maximum Gasteiger partial charge on any atom is 0.0441 e. The summed E-state index contributed by atoms with van der Waals surface area (Å²) in [6, 6.07) is 0. The average molecular weight is 195 g/mol. The van der Waals surface area contributed by atoms with Crippen LogP contribution in [0.5, 0.6) is 0 Å².